The van der Waals surface area contributed by atoms with E-state index in [1.54, 1.807) is 41.6 Å². The van der Waals surface area contributed by atoms with Gasteiger partial charge in [0.05, 0.1) is 6.04 Å². The fourth-order valence-electron chi connectivity index (χ4n) is 3.86. The third-order valence-electron chi connectivity index (χ3n) is 5.65. The lowest BCUT2D eigenvalue weighted by Gasteiger charge is -2.42. The molecule has 1 unspecified atom stereocenters. The zero-order valence-corrected chi connectivity index (χ0v) is 19.4. The Morgan fingerprint density at radius 2 is 1.91 bits per heavy atom. The quantitative estimate of drug-likeness (QED) is 0.321. The number of hydrogen-bond donors (Lipinski definition) is 2. The number of piperazine rings is 1. The molecule has 9 heteroatoms. The lowest BCUT2D eigenvalue weighted by atomic mass is 10.0. The molecule has 1 saturated heterocycles. The molecule has 2 aromatic carbocycles. The van der Waals surface area contributed by atoms with Gasteiger partial charge in [0, 0.05) is 48.4 Å². The van der Waals surface area contributed by atoms with Crippen molar-refractivity contribution in [3.05, 3.63) is 89.2 Å². The number of amides is 2. The van der Waals surface area contributed by atoms with E-state index < -0.39 is 0 Å². The van der Waals surface area contributed by atoms with Crippen molar-refractivity contribution in [2.75, 3.05) is 30.3 Å². The van der Waals surface area contributed by atoms with Gasteiger partial charge in [-0.05, 0) is 54.4 Å². The van der Waals surface area contributed by atoms with E-state index in [0.717, 1.165) is 16.8 Å². The highest BCUT2D eigenvalue weighted by Gasteiger charge is 2.33. The number of rotatable bonds is 3. The number of nitriles is 1. The topological polar surface area (TPSA) is 96.7 Å². The summed E-state index contributed by atoms with van der Waals surface area (Å²) in [5, 5.41) is 16.2. The molecule has 2 heterocycles. The standard InChI is InChI=1S/C25H24ClN7O/c1-18-5-2-3-7-22(18)31-24(29-17-27)32-13-14-33(23(16-32)19-6-4-12-28-15-19)25(34)30-21-10-8-20(26)9-11-21/h2-12,15,23H,13-14,16H2,1H3,(H,29,31)(H,30,34). The van der Waals surface area contributed by atoms with Gasteiger partial charge < -0.3 is 20.4 Å². The Bertz CT molecular complexity index is 1210. The van der Waals surface area contributed by atoms with Gasteiger partial charge in [0.1, 0.15) is 0 Å². The van der Waals surface area contributed by atoms with Gasteiger partial charge in [-0.3, -0.25) is 4.98 Å². The number of halogens is 1. The zero-order chi connectivity index (χ0) is 23.9. The maximum Gasteiger partial charge on any atom is 0.322 e. The molecular weight excluding hydrogens is 450 g/mol. The first-order valence-electron chi connectivity index (χ1n) is 10.8. The average molecular weight is 474 g/mol. The van der Waals surface area contributed by atoms with Crippen LogP contribution >= 0.6 is 11.6 Å². The van der Waals surface area contributed by atoms with E-state index >= 15 is 0 Å². The number of aromatic nitrogens is 1. The van der Waals surface area contributed by atoms with E-state index in [2.05, 4.69) is 20.6 Å². The highest BCUT2D eigenvalue weighted by molar-refractivity contribution is 6.30. The predicted molar refractivity (Wildman–Crippen MR) is 134 cm³/mol. The second-order valence-corrected chi connectivity index (χ2v) is 8.29. The van der Waals surface area contributed by atoms with Crippen LogP contribution in [-0.2, 0) is 0 Å². The summed E-state index contributed by atoms with van der Waals surface area (Å²) in [5.74, 6) is 0.448. The first-order valence-corrected chi connectivity index (χ1v) is 11.2. The van der Waals surface area contributed by atoms with E-state index in [1.807, 2.05) is 54.4 Å². The van der Waals surface area contributed by atoms with E-state index in [1.165, 1.54) is 0 Å². The van der Waals surface area contributed by atoms with Crippen LogP contribution in [0.3, 0.4) is 0 Å². The number of benzene rings is 2. The minimum Gasteiger partial charge on any atom is -0.338 e. The molecule has 0 aliphatic carbocycles. The summed E-state index contributed by atoms with van der Waals surface area (Å²) < 4.78 is 0. The second kappa shape index (κ2) is 10.7. The van der Waals surface area contributed by atoms with E-state index in [9.17, 15) is 10.1 Å². The highest BCUT2D eigenvalue weighted by atomic mass is 35.5. The lowest BCUT2D eigenvalue weighted by Crippen LogP contribution is -2.54. The number of guanidine groups is 1. The molecule has 1 aliphatic rings. The van der Waals surface area contributed by atoms with Gasteiger partial charge >= 0.3 is 6.03 Å². The largest absolute Gasteiger partial charge is 0.338 e. The van der Waals surface area contributed by atoms with Gasteiger partial charge in [-0.25, -0.2) is 4.79 Å². The SMILES string of the molecule is Cc1ccccc1N/C(=N/C#N)N1CCN(C(=O)Nc2ccc(Cl)cc2)C(c2cccnc2)C1. The van der Waals surface area contributed by atoms with E-state index in [4.69, 9.17) is 11.6 Å². The second-order valence-electron chi connectivity index (χ2n) is 7.85. The lowest BCUT2D eigenvalue weighted by molar-refractivity contribution is 0.136. The molecular formula is C25H24ClN7O. The Morgan fingerprint density at radius 1 is 1.12 bits per heavy atom. The minimum atomic E-state index is -0.294. The number of nitrogens with one attached hydrogen (secondary N) is 2. The Balaban J connectivity index is 1.57. The van der Waals surface area contributed by atoms with Crippen molar-refractivity contribution >= 4 is 35.0 Å². The molecule has 1 fully saturated rings. The monoisotopic (exact) mass is 473 g/mol. The van der Waals surface area contributed by atoms with Gasteiger partial charge in [0.25, 0.3) is 0 Å². The molecule has 1 aromatic heterocycles. The molecule has 0 spiro atoms. The normalized spacial score (nSPS) is 16.0. The Morgan fingerprint density at radius 3 is 2.62 bits per heavy atom. The summed E-state index contributed by atoms with van der Waals surface area (Å²) in [7, 11) is 0. The van der Waals surface area contributed by atoms with Crippen LogP contribution in [0.15, 0.2) is 78.0 Å². The smallest absolute Gasteiger partial charge is 0.322 e. The molecule has 1 aliphatic heterocycles. The first-order chi connectivity index (χ1) is 16.5. The fraction of sp³-hybridized carbons (Fsp3) is 0.200. The minimum absolute atomic E-state index is 0.221. The molecule has 2 amide bonds. The summed E-state index contributed by atoms with van der Waals surface area (Å²) in [6.07, 6.45) is 5.35. The number of para-hydroxylation sites is 1. The maximum atomic E-state index is 13.2. The zero-order valence-electron chi connectivity index (χ0n) is 18.6. The molecule has 8 nitrogen and oxygen atoms in total. The number of anilines is 2. The van der Waals surface area contributed by atoms with Gasteiger partial charge in [-0.15, -0.1) is 4.99 Å². The van der Waals surface area contributed by atoms with Gasteiger partial charge in [-0.1, -0.05) is 35.9 Å². The summed E-state index contributed by atoms with van der Waals surface area (Å²) in [6, 6.07) is 18.1. The molecule has 4 rings (SSSR count). The Labute approximate surface area is 203 Å². The number of carbonyl (C=O) groups excluding carboxylic acids is 1. The number of urea groups is 1. The molecule has 3 aromatic rings. The van der Waals surface area contributed by atoms with E-state index in [0.29, 0.717) is 36.3 Å². The number of hydrogen-bond acceptors (Lipinski definition) is 4. The molecule has 172 valence electrons. The van der Waals surface area contributed by atoms with Crippen molar-refractivity contribution in [2.45, 2.75) is 13.0 Å². The molecule has 0 saturated carbocycles. The van der Waals surface area contributed by atoms with Crippen molar-refractivity contribution in [3.63, 3.8) is 0 Å². The molecule has 0 bridgehead atoms. The van der Waals surface area contributed by atoms with Crippen molar-refractivity contribution in [1.82, 2.24) is 14.8 Å². The van der Waals surface area contributed by atoms with Crippen LogP contribution in [0.1, 0.15) is 17.2 Å². The van der Waals surface area contributed by atoms with Crippen LogP contribution < -0.4 is 10.6 Å². The number of pyridine rings is 1. The maximum absolute atomic E-state index is 13.2. The Kier molecular flexibility index (Phi) is 7.25. The average Bonchev–Trinajstić information content (AvgIpc) is 2.86. The predicted octanol–water partition coefficient (Wildman–Crippen LogP) is 4.88. The molecule has 34 heavy (non-hydrogen) atoms. The number of nitrogens with zero attached hydrogens (tertiary/aromatic N) is 5. The van der Waals surface area contributed by atoms with E-state index in [-0.39, 0.29) is 12.1 Å². The van der Waals surface area contributed by atoms with Gasteiger partial charge in [0.2, 0.25) is 12.2 Å². The molecule has 1 atom stereocenters. The summed E-state index contributed by atoms with van der Waals surface area (Å²) in [6.45, 7) is 3.37. The van der Waals surface area contributed by atoms with Crippen molar-refractivity contribution in [2.24, 2.45) is 4.99 Å². The summed E-state index contributed by atoms with van der Waals surface area (Å²) >= 11 is 5.96. The highest BCUT2D eigenvalue weighted by Crippen LogP contribution is 2.27. The number of carbonyl (C=O) groups is 1. The van der Waals surface area contributed by atoms with Crippen LogP contribution in [0.5, 0.6) is 0 Å². The third-order valence-corrected chi connectivity index (χ3v) is 5.90. The summed E-state index contributed by atoms with van der Waals surface area (Å²) in [4.78, 5) is 25.3. The molecule has 2 N–H and O–H groups in total. The first kappa shape index (κ1) is 23.1. The van der Waals surface area contributed by atoms with Gasteiger partial charge in [-0.2, -0.15) is 5.26 Å². The van der Waals surface area contributed by atoms with Crippen LogP contribution in [0.2, 0.25) is 5.02 Å². The van der Waals surface area contributed by atoms with Crippen molar-refractivity contribution in [3.8, 4) is 6.19 Å². The molecule has 0 radical (unpaired) electrons. The number of aryl methyl sites for hydroxylation is 1. The number of aliphatic imine (C=N–C) groups is 1. The van der Waals surface area contributed by atoms with Crippen molar-refractivity contribution in [1.29, 1.82) is 5.26 Å². The van der Waals surface area contributed by atoms with Crippen LogP contribution in [0, 0.1) is 18.4 Å². The van der Waals surface area contributed by atoms with Crippen LogP contribution in [0.25, 0.3) is 0 Å². The fourth-order valence-corrected chi connectivity index (χ4v) is 3.99. The summed E-state index contributed by atoms with van der Waals surface area (Å²) in [5.41, 5.74) is 3.47. The van der Waals surface area contributed by atoms with Gasteiger partial charge in [0.15, 0.2) is 0 Å². The van der Waals surface area contributed by atoms with Crippen molar-refractivity contribution < 1.29 is 4.79 Å². The third kappa shape index (κ3) is 5.45. The Hall–Kier alpha value is -4.09. The van der Waals surface area contributed by atoms with Crippen LogP contribution in [0.4, 0.5) is 16.2 Å². The van der Waals surface area contributed by atoms with Crippen LogP contribution in [-0.4, -0.2) is 46.4 Å².